The van der Waals surface area contributed by atoms with Crippen LogP contribution in [0.5, 0.6) is 0 Å². The Kier molecular flexibility index (Phi) is 4.51. The van der Waals surface area contributed by atoms with E-state index >= 15 is 0 Å². The molecule has 0 aliphatic heterocycles. The maximum atomic E-state index is 11.9. The molecule has 0 atom stereocenters. The van der Waals surface area contributed by atoms with E-state index in [9.17, 15) is 9.59 Å². The van der Waals surface area contributed by atoms with E-state index < -0.39 is 11.3 Å². The van der Waals surface area contributed by atoms with Gasteiger partial charge in [0, 0.05) is 11.4 Å². The highest BCUT2D eigenvalue weighted by Crippen LogP contribution is 2.22. The van der Waals surface area contributed by atoms with Crippen molar-refractivity contribution in [3.8, 4) is 0 Å². The zero-order chi connectivity index (χ0) is 13.9. The molecule has 0 aliphatic rings. The fraction of sp³-hybridized carbons (Fsp3) is 0.538. The van der Waals surface area contributed by atoms with E-state index in [0.29, 0.717) is 4.88 Å². The minimum atomic E-state index is -0.727. The first-order chi connectivity index (χ1) is 8.27. The Morgan fingerprint density at radius 1 is 1.44 bits per heavy atom. The normalized spacial score (nSPS) is 11.3. The maximum Gasteiger partial charge on any atom is 0.261 e. The summed E-state index contributed by atoms with van der Waals surface area (Å²) in [6.07, 6.45) is 0.927. The van der Waals surface area contributed by atoms with Gasteiger partial charge in [-0.3, -0.25) is 9.59 Å². The predicted octanol–water partition coefficient (Wildman–Crippen LogP) is 1.86. The van der Waals surface area contributed by atoms with E-state index in [1.54, 1.807) is 13.8 Å². The summed E-state index contributed by atoms with van der Waals surface area (Å²) in [6, 6.07) is 1.89. The van der Waals surface area contributed by atoms with Crippen LogP contribution in [0.15, 0.2) is 6.07 Å². The van der Waals surface area contributed by atoms with Crippen LogP contribution in [0.2, 0.25) is 0 Å². The van der Waals surface area contributed by atoms with Crippen LogP contribution in [-0.2, 0) is 11.2 Å². The molecule has 0 saturated heterocycles. The van der Waals surface area contributed by atoms with Gasteiger partial charge in [-0.2, -0.15) is 0 Å². The molecule has 100 valence electrons. The van der Waals surface area contributed by atoms with Crippen LogP contribution in [0.4, 0.5) is 0 Å². The largest absolute Gasteiger partial charge is 0.369 e. The summed E-state index contributed by atoms with van der Waals surface area (Å²) in [4.78, 5) is 25.0. The summed E-state index contributed by atoms with van der Waals surface area (Å²) >= 11 is 1.50. The molecule has 1 rings (SSSR count). The number of thiophene rings is 1. The van der Waals surface area contributed by atoms with Crippen LogP contribution in [0, 0.1) is 12.3 Å². The van der Waals surface area contributed by atoms with Crippen molar-refractivity contribution in [1.29, 1.82) is 0 Å². The molecule has 4 nitrogen and oxygen atoms in total. The average Bonchev–Trinajstić information content (AvgIpc) is 2.67. The molecule has 5 heteroatoms. The highest BCUT2D eigenvalue weighted by molar-refractivity contribution is 7.14. The van der Waals surface area contributed by atoms with Gasteiger partial charge in [-0.1, -0.05) is 6.92 Å². The van der Waals surface area contributed by atoms with E-state index in [-0.39, 0.29) is 12.5 Å². The van der Waals surface area contributed by atoms with Crippen molar-refractivity contribution in [3.63, 3.8) is 0 Å². The second-order valence-corrected chi connectivity index (χ2v) is 6.14. The molecule has 0 spiro atoms. The van der Waals surface area contributed by atoms with Crippen LogP contribution in [0.25, 0.3) is 0 Å². The lowest BCUT2D eigenvalue weighted by Gasteiger charge is -2.20. The third-order valence-electron chi connectivity index (χ3n) is 2.92. The van der Waals surface area contributed by atoms with Crippen molar-refractivity contribution < 1.29 is 9.59 Å². The fourth-order valence-corrected chi connectivity index (χ4v) is 2.49. The molecule has 0 radical (unpaired) electrons. The Labute approximate surface area is 112 Å². The van der Waals surface area contributed by atoms with Gasteiger partial charge in [0.2, 0.25) is 5.91 Å². The molecule has 0 fully saturated rings. The number of carbonyl (C=O) groups excluding carboxylic acids is 2. The average molecular weight is 268 g/mol. The number of aryl methyl sites for hydroxylation is 2. The van der Waals surface area contributed by atoms with Gasteiger partial charge in [0.25, 0.3) is 5.91 Å². The van der Waals surface area contributed by atoms with Crippen molar-refractivity contribution >= 4 is 23.2 Å². The number of nitrogens with two attached hydrogens (primary N) is 1. The van der Waals surface area contributed by atoms with Gasteiger partial charge in [0.05, 0.1) is 10.3 Å². The zero-order valence-corrected chi connectivity index (χ0v) is 12.1. The molecule has 1 heterocycles. The first-order valence-corrected chi connectivity index (χ1v) is 6.77. The molecule has 0 bridgehead atoms. The molecule has 0 aromatic carbocycles. The number of hydrogen-bond acceptors (Lipinski definition) is 3. The molecule has 0 saturated carbocycles. The van der Waals surface area contributed by atoms with Crippen molar-refractivity contribution in [2.45, 2.75) is 34.1 Å². The summed E-state index contributed by atoms with van der Waals surface area (Å²) in [5.74, 6) is -0.559. The summed E-state index contributed by atoms with van der Waals surface area (Å²) in [5.41, 5.74) is 5.67. The van der Waals surface area contributed by atoms with Crippen molar-refractivity contribution in [2.75, 3.05) is 6.54 Å². The molecule has 18 heavy (non-hydrogen) atoms. The number of primary amides is 1. The molecule has 0 aliphatic carbocycles. The Morgan fingerprint density at radius 3 is 2.50 bits per heavy atom. The van der Waals surface area contributed by atoms with E-state index in [1.807, 2.05) is 13.0 Å². The van der Waals surface area contributed by atoms with Gasteiger partial charge in [-0.25, -0.2) is 0 Å². The second kappa shape index (κ2) is 5.52. The number of hydrogen-bond donors (Lipinski definition) is 2. The Balaban J connectivity index is 2.69. The summed E-state index contributed by atoms with van der Waals surface area (Å²) in [7, 11) is 0. The first-order valence-electron chi connectivity index (χ1n) is 5.95. The minimum absolute atomic E-state index is 0.142. The predicted molar refractivity (Wildman–Crippen MR) is 73.7 cm³/mol. The number of nitrogens with one attached hydrogen (secondary N) is 1. The van der Waals surface area contributed by atoms with Gasteiger partial charge in [-0.15, -0.1) is 11.3 Å². The van der Waals surface area contributed by atoms with Crippen molar-refractivity contribution in [3.05, 3.63) is 21.4 Å². The van der Waals surface area contributed by atoms with E-state index in [4.69, 9.17) is 5.73 Å². The van der Waals surface area contributed by atoms with Crippen LogP contribution in [0.1, 0.15) is 40.9 Å². The van der Waals surface area contributed by atoms with Gasteiger partial charge in [0.15, 0.2) is 0 Å². The minimum Gasteiger partial charge on any atom is -0.369 e. The monoisotopic (exact) mass is 268 g/mol. The SMILES string of the molecule is CCc1sc(C(=O)NCC(C)(C)C(N)=O)cc1C. The molecule has 1 aromatic heterocycles. The molecule has 3 N–H and O–H groups in total. The van der Waals surface area contributed by atoms with Gasteiger partial charge < -0.3 is 11.1 Å². The Morgan fingerprint density at radius 2 is 2.06 bits per heavy atom. The smallest absolute Gasteiger partial charge is 0.261 e. The third-order valence-corrected chi connectivity index (χ3v) is 4.30. The van der Waals surface area contributed by atoms with Crippen LogP contribution in [0.3, 0.4) is 0 Å². The lowest BCUT2D eigenvalue weighted by molar-refractivity contribution is -0.125. The lowest BCUT2D eigenvalue weighted by atomic mass is 9.93. The number of rotatable bonds is 5. The summed E-state index contributed by atoms with van der Waals surface area (Å²) in [6.45, 7) is 7.75. The third kappa shape index (κ3) is 3.32. The highest BCUT2D eigenvalue weighted by Gasteiger charge is 2.26. The maximum absolute atomic E-state index is 11.9. The highest BCUT2D eigenvalue weighted by atomic mass is 32.1. The second-order valence-electron chi connectivity index (χ2n) is 5.00. The molecule has 1 aromatic rings. The van der Waals surface area contributed by atoms with Crippen LogP contribution in [-0.4, -0.2) is 18.4 Å². The van der Waals surface area contributed by atoms with E-state index in [1.165, 1.54) is 16.2 Å². The lowest BCUT2D eigenvalue weighted by Crippen LogP contribution is -2.42. The molecule has 2 amide bonds. The summed E-state index contributed by atoms with van der Waals surface area (Å²) in [5, 5.41) is 2.76. The van der Waals surface area contributed by atoms with Crippen molar-refractivity contribution in [1.82, 2.24) is 5.32 Å². The van der Waals surface area contributed by atoms with E-state index in [0.717, 1.165) is 12.0 Å². The van der Waals surface area contributed by atoms with Crippen LogP contribution < -0.4 is 11.1 Å². The van der Waals surface area contributed by atoms with Crippen molar-refractivity contribution in [2.24, 2.45) is 11.1 Å². The molecular weight excluding hydrogens is 248 g/mol. The van der Waals surface area contributed by atoms with Gasteiger partial charge in [0.1, 0.15) is 0 Å². The summed E-state index contributed by atoms with van der Waals surface area (Å²) < 4.78 is 0. The zero-order valence-electron chi connectivity index (χ0n) is 11.3. The molecule has 0 unspecified atom stereocenters. The Hall–Kier alpha value is -1.36. The van der Waals surface area contributed by atoms with Gasteiger partial charge in [-0.05, 0) is 38.8 Å². The van der Waals surface area contributed by atoms with Gasteiger partial charge >= 0.3 is 0 Å². The Bertz CT molecular complexity index is 464. The fourth-order valence-electron chi connectivity index (χ4n) is 1.46. The number of carbonyl (C=O) groups is 2. The standard InChI is InChI=1S/C13H20N2O2S/c1-5-9-8(2)6-10(18-9)11(16)15-7-13(3,4)12(14)17/h6H,5,7H2,1-4H3,(H2,14,17)(H,15,16). The molecular formula is C13H20N2O2S. The first kappa shape index (κ1) is 14.7. The number of amides is 2. The topological polar surface area (TPSA) is 72.2 Å². The van der Waals surface area contributed by atoms with Crippen LogP contribution >= 0.6 is 11.3 Å². The quantitative estimate of drug-likeness (QED) is 0.855. The van der Waals surface area contributed by atoms with E-state index in [2.05, 4.69) is 12.2 Å².